The molecule has 3 N–H and O–H groups in total. The molecule has 1 aliphatic heterocycles. The predicted octanol–water partition coefficient (Wildman–Crippen LogP) is 3.83. The zero-order chi connectivity index (χ0) is 18.6. The van der Waals surface area contributed by atoms with Crippen molar-refractivity contribution < 1.29 is 19.6 Å². The van der Waals surface area contributed by atoms with E-state index in [0.29, 0.717) is 16.4 Å². The molecule has 5 rings (SSSR count). The van der Waals surface area contributed by atoms with Crippen LogP contribution in [0.3, 0.4) is 0 Å². The third-order valence-corrected chi connectivity index (χ3v) is 7.84. The first-order valence-corrected chi connectivity index (χ1v) is 10.5. The van der Waals surface area contributed by atoms with Gasteiger partial charge < -0.3 is 0 Å². The predicted molar refractivity (Wildman–Crippen MR) is 110 cm³/mol. The third kappa shape index (κ3) is 2.38. The molecule has 0 saturated carbocycles. The maximum atomic E-state index is 11.9. The zero-order valence-electron chi connectivity index (χ0n) is 14.3. The Morgan fingerprint density at radius 2 is 1.41 bits per heavy atom. The van der Waals surface area contributed by atoms with Gasteiger partial charge in [0.05, 0.1) is 0 Å². The summed E-state index contributed by atoms with van der Waals surface area (Å²) in [6.45, 7) is 0. The standard InChI is InChI=1S/C22H17O4P/c23-15-10-9-14-11-16(24)13-22(19(14)12-15)27(25)21-8-4-2-6-18(21)17-5-1-3-7-20(17)26-27/h1-13,23-25,27H. The first-order valence-electron chi connectivity index (χ1n) is 8.63. The van der Waals surface area contributed by atoms with Gasteiger partial charge in [-0.25, -0.2) is 0 Å². The molecule has 0 bridgehead atoms. The molecule has 0 unspecified atom stereocenters. The molecule has 0 amide bonds. The number of rotatable bonds is 1. The van der Waals surface area contributed by atoms with Crippen molar-refractivity contribution in [3.8, 4) is 28.4 Å². The summed E-state index contributed by atoms with van der Waals surface area (Å²) in [7, 11) is -3.67. The first-order chi connectivity index (χ1) is 13.1. The van der Waals surface area contributed by atoms with E-state index in [1.165, 1.54) is 0 Å². The van der Waals surface area contributed by atoms with Gasteiger partial charge in [0, 0.05) is 0 Å². The van der Waals surface area contributed by atoms with E-state index in [0.717, 1.165) is 21.8 Å². The van der Waals surface area contributed by atoms with Crippen LogP contribution in [0, 0.1) is 0 Å². The molecule has 4 aromatic carbocycles. The van der Waals surface area contributed by atoms with E-state index < -0.39 is 7.72 Å². The zero-order valence-corrected chi connectivity index (χ0v) is 15.3. The fourth-order valence-electron chi connectivity index (χ4n) is 3.82. The summed E-state index contributed by atoms with van der Waals surface area (Å²) < 4.78 is 6.24. The summed E-state index contributed by atoms with van der Waals surface area (Å²) in [4.78, 5) is 11.9. The van der Waals surface area contributed by atoms with Gasteiger partial charge in [-0.05, 0) is 0 Å². The maximum absolute atomic E-state index is 11.9. The Morgan fingerprint density at radius 3 is 2.26 bits per heavy atom. The summed E-state index contributed by atoms with van der Waals surface area (Å²) in [5.74, 6) is 0.752. The van der Waals surface area contributed by atoms with Gasteiger partial charge in [-0.3, -0.25) is 0 Å². The number of aromatic hydroxyl groups is 2. The summed E-state index contributed by atoms with van der Waals surface area (Å²) >= 11 is 0. The summed E-state index contributed by atoms with van der Waals surface area (Å²) in [5.41, 5.74) is 1.85. The SMILES string of the molecule is Oc1cc([PH]2(O)Oc3ccccc3-c3ccccc32)c2cc(O)ccc2c1. The number of hydrogen-bond acceptors (Lipinski definition) is 4. The van der Waals surface area contributed by atoms with Gasteiger partial charge >= 0.3 is 156 Å². The molecule has 4 nitrogen and oxygen atoms in total. The number of benzene rings is 4. The third-order valence-electron chi connectivity index (χ3n) is 5.01. The molecule has 0 radical (unpaired) electrons. The summed E-state index contributed by atoms with van der Waals surface area (Å²) in [5, 5.41) is 22.9. The van der Waals surface area contributed by atoms with Gasteiger partial charge in [0.1, 0.15) is 0 Å². The molecule has 1 heterocycles. The Hall–Kier alpha value is -3.07. The van der Waals surface area contributed by atoms with Crippen LogP contribution in [-0.4, -0.2) is 15.1 Å². The van der Waals surface area contributed by atoms with Crippen molar-refractivity contribution in [2.45, 2.75) is 0 Å². The van der Waals surface area contributed by atoms with Crippen molar-refractivity contribution in [1.82, 2.24) is 0 Å². The van der Waals surface area contributed by atoms with Gasteiger partial charge in [0.2, 0.25) is 0 Å². The minimum absolute atomic E-state index is 0.0454. The van der Waals surface area contributed by atoms with E-state index in [-0.39, 0.29) is 11.5 Å². The molecular formula is C22H17O4P. The molecule has 0 aliphatic carbocycles. The monoisotopic (exact) mass is 376 g/mol. The van der Waals surface area contributed by atoms with Crippen LogP contribution in [0.2, 0.25) is 0 Å². The fourth-order valence-corrected chi connectivity index (χ4v) is 6.65. The second kappa shape index (κ2) is 5.71. The fraction of sp³-hybridized carbons (Fsp3) is 0. The Labute approximate surface area is 156 Å². The van der Waals surface area contributed by atoms with Crippen LogP contribution < -0.4 is 15.1 Å². The number of para-hydroxylation sites is 1. The second-order valence-corrected chi connectivity index (χ2v) is 9.26. The van der Waals surface area contributed by atoms with Gasteiger partial charge in [-0.1, -0.05) is 0 Å². The molecule has 134 valence electrons. The van der Waals surface area contributed by atoms with E-state index in [4.69, 9.17) is 4.52 Å². The number of phenols is 2. The van der Waals surface area contributed by atoms with Crippen LogP contribution in [-0.2, 0) is 0 Å². The Morgan fingerprint density at radius 1 is 0.667 bits per heavy atom. The van der Waals surface area contributed by atoms with E-state index in [1.807, 2.05) is 48.5 Å². The minimum atomic E-state index is -3.67. The van der Waals surface area contributed by atoms with Crippen LogP contribution in [0.15, 0.2) is 78.9 Å². The molecule has 0 spiro atoms. The van der Waals surface area contributed by atoms with Crippen LogP contribution in [0.1, 0.15) is 0 Å². The van der Waals surface area contributed by atoms with E-state index >= 15 is 0 Å². The van der Waals surface area contributed by atoms with Gasteiger partial charge in [-0.15, -0.1) is 0 Å². The molecular weight excluding hydrogens is 359 g/mol. The van der Waals surface area contributed by atoms with Crippen molar-refractivity contribution in [1.29, 1.82) is 0 Å². The molecule has 0 fully saturated rings. The second-order valence-electron chi connectivity index (χ2n) is 6.69. The normalized spacial score (nSPS) is 15.4. The van der Waals surface area contributed by atoms with Gasteiger partial charge in [0.15, 0.2) is 0 Å². The van der Waals surface area contributed by atoms with Crippen LogP contribution in [0.4, 0.5) is 0 Å². The van der Waals surface area contributed by atoms with Gasteiger partial charge in [-0.2, -0.15) is 0 Å². The van der Waals surface area contributed by atoms with Crippen LogP contribution >= 0.6 is 7.72 Å². The van der Waals surface area contributed by atoms with Gasteiger partial charge in [0.25, 0.3) is 0 Å². The quantitative estimate of drug-likeness (QED) is 0.442. The molecule has 5 heteroatoms. The first kappa shape index (κ1) is 16.1. The number of fused-ring (bicyclic) bond motifs is 4. The van der Waals surface area contributed by atoms with Crippen molar-refractivity contribution in [2.75, 3.05) is 0 Å². The Kier molecular flexibility index (Phi) is 3.41. The van der Waals surface area contributed by atoms with E-state index in [1.54, 1.807) is 30.3 Å². The van der Waals surface area contributed by atoms with E-state index in [2.05, 4.69) is 0 Å². The Balaban J connectivity index is 1.86. The van der Waals surface area contributed by atoms with Crippen LogP contribution in [0.5, 0.6) is 17.2 Å². The molecule has 4 aromatic rings. The molecule has 0 atom stereocenters. The molecule has 1 aliphatic rings. The summed E-state index contributed by atoms with van der Waals surface area (Å²) in [6.07, 6.45) is 0. The topological polar surface area (TPSA) is 69.9 Å². The number of phenolic OH excluding ortho intramolecular Hbond substituents is 2. The van der Waals surface area contributed by atoms with Crippen molar-refractivity contribution in [2.24, 2.45) is 0 Å². The average molecular weight is 376 g/mol. The summed E-state index contributed by atoms with van der Waals surface area (Å²) in [6, 6.07) is 23.3. The van der Waals surface area contributed by atoms with Crippen molar-refractivity contribution in [3.05, 3.63) is 78.9 Å². The molecule has 27 heavy (non-hydrogen) atoms. The van der Waals surface area contributed by atoms with Crippen molar-refractivity contribution in [3.63, 3.8) is 0 Å². The number of hydrogen-bond donors (Lipinski definition) is 3. The molecule has 0 aromatic heterocycles. The average Bonchev–Trinajstić information content (AvgIpc) is 2.68. The van der Waals surface area contributed by atoms with Crippen LogP contribution in [0.25, 0.3) is 21.9 Å². The Bertz CT molecular complexity index is 1200. The molecule has 0 saturated heterocycles. The van der Waals surface area contributed by atoms with E-state index in [9.17, 15) is 15.1 Å². The van der Waals surface area contributed by atoms with Crippen molar-refractivity contribution >= 4 is 29.1 Å².